The number of sulfonamides is 1. The molecule has 122 valence electrons. The Kier molecular flexibility index (Phi) is 4.34. The highest BCUT2D eigenvalue weighted by atomic mass is 32.2. The van der Waals surface area contributed by atoms with Crippen molar-refractivity contribution in [2.45, 2.75) is 50.5 Å². The van der Waals surface area contributed by atoms with Crippen LogP contribution in [-0.2, 0) is 24.3 Å². The normalized spacial score (nSPS) is 25.1. The summed E-state index contributed by atoms with van der Waals surface area (Å²) >= 11 is 0. The van der Waals surface area contributed by atoms with Crippen LogP contribution in [0.4, 0.5) is 0 Å². The van der Waals surface area contributed by atoms with Crippen LogP contribution in [-0.4, -0.2) is 43.7 Å². The number of nitrogens with zero attached hydrogens (tertiary/aromatic N) is 1. The lowest BCUT2D eigenvalue weighted by atomic mass is 10.2. The topological polar surface area (TPSA) is 72.9 Å². The van der Waals surface area contributed by atoms with E-state index in [1.165, 1.54) is 19.2 Å². The van der Waals surface area contributed by atoms with Crippen LogP contribution in [0, 0.1) is 6.92 Å². The maximum absolute atomic E-state index is 13.0. The van der Waals surface area contributed by atoms with Crippen LogP contribution in [0.5, 0.6) is 0 Å². The van der Waals surface area contributed by atoms with Gasteiger partial charge in [-0.25, -0.2) is 8.42 Å². The van der Waals surface area contributed by atoms with Gasteiger partial charge in [-0.05, 0) is 39.8 Å². The third kappa shape index (κ3) is 2.76. The molecule has 7 heteroatoms. The summed E-state index contributed by atoms with van der Waals surface area (Å²) in [5, 5.41) is 0. The van der Waals surface area contributed by atoms with Gasteiger partial charge in [-0.15, -0.1) is 0 Å². The quantitative estimate of drug-likeness (QED) is 0.790. The number of aryl methyl sites for hydroxylation is 1. The zero-order valence-corrected chi connectivity index (χ0v) is 14.2. The molecule has 0 aliphatic carbocycles. The molecule has 0 N–H and O–H groups in total. The van der Waals surface area contributed by atoms with Gasteiger partial charge >= 0.3 is 5.97 Å². The molecule has 0 amide bonds. The number of methoxy groups -OCH3 is 1. The number of carbonyl (C=O) groups excluding carboxylic acids is 1. The fraction of sp³-hybridized carbons (Fsp3) is 0.533. The number of hydrogen-bond acceptors (Lipinski definition) is 5. The molecule has 2 atom stereocenters. The van der Waals surface area contributed by atoms with Gasteiger partial charge in [-0.2, -0.15) is 4.31 Å². The smallest absolute Gasteiger partial charge is 0.327 e. The zero-order chi connectivity index (χ0) is 16.7. The van der Waals surface area contributed by atoms with Gasteiger partial charge in [0.25, 0.3) is 0 Å². The van der Waals surface area contributed by atoms with Crippen LogP contribution < -0.4 is 0 Å². The first-order valence-corrected chi connectivity index (χ1v) is 8.42. The van der Waals surface area contributed by atoms with E-state index in [0.29, 0.717) is 0 Å². The van der Waals surface area contributed by atoms with Crippen LogP contribution in [0.1, 0.15) is 26.3 Å². The SMILES string of the molecule is COC(=O)[C@H]1[C@@H](C)OC(C)(C)N1S(=O)(=O)c1ccc(C)cc1. The molecule has 0 radical (unpaired) electrons. The lowest BCUT2D eigenvalue weighted by molar-refractivity contribution is -0.145. The van der Waals surface area contributed by atoms with Crippen LogP contribution in [0.15, 0.2) is 29.2 Å². The van der Waals surface area contributed by atoms with Gasteiger partial charge in [0.1, 0.15) is 5.72 Å². The Hall–Kier alpha value is -1.44. The highest BCUT2D eigenvalue weighted by Gasteiger charge is 2.55. The molecule has 0 aromatic heterocycles. The van der Waals surface area contributed by atoms with Gasteiger partial charge in [0.05, 0.1) is 18.1 Å². The van der Waals surface area contributed by atoms with Crippen molar-refractivity contribution in [2.24, 2.45) is 0 Å². The molecular weight excluding hydrogens is 306 g/mol. The van der Waals surface area contributed by atoms with E-state index in [-0.39, 0.29) is 4.90 Å². The monoisotopic (exact) mass is 327 g/mol. The maximum atomic E-state index is 13.0. The Labute approximate surface area is 131 Å². The summed E-state index contributed by atoms with van der Waals surface area (Å²) in [7, 11) is -2.66. The van der Waals surface area contributed by atoms with E-state index < -0.39 is 33.9 Å². The summed E-state index contributed by atoms with van der Waals surface area (Å²) in [5.74, 6) is -0.631. The molecule has 1 aliphatic rings. The summed E-state index contributed by atoms with van der Waals surface area (Å²) in [6.45, 7) is 6.78. The molecule has 0 spiro atoms. The minimum absolute atomic E-state index is 0.123. The summed E-state index contributed by atoms with van der Waals surface area (Å²) in [4.78, 5) is 12.2. The Bertz CT molecular complexity index is 666. The van der Waals surface area contributed by atoms with Crippen molar-refractivity contribution < 1.29 is 22.7 Å². The predicted molar refractivity (Wildman–Crippen MR) is 80.6 cm³/mol. The van der Waals surface area contributed by atoms with Crippen molar-refractivity contribution >= 4 is 16.0 Å². The Morgan fingerprint density at radius 2 is 1.82 bits per heavy atom. The summed E-state index contributed by atoms with van der Waals surface area (Å²) in [5.41, 5.74) is -0.184. The third-order valence-electron chi connectivity index (χ3n) is 3.72. The van der Waals surface area contributed by atoms with E-state index in [0.717, 1.165) is 9.87 Å². The maximum Gasteiger partial charge on any atom is 0.327 e. The number of ether oxygens (including phenoxy) is 2. The Morgan fingerprint density at radius 3 is 2.32 bits per heavy atom. The third-order valence-corrected chi connectivity index (χ3v) is 5.78. The van der Waals surface area contributed by atoms with Crippen LogP contribution in [0.2, 0.25) is 0 Å². The highest BCUT2D eigenvalue weighted by Crippen LogP contribution is 2.37. The second-order valence-corrected chi connectivity index (χ2v) is 7.67. The van der Waals surface area contributed by atoms with Gasteiger partial charge in [-0.3, -0.25) is 4.79 Å². The molecule has 2 rings (SSSR count). The summed E-state index contributed by atoms with van der Waals surface area (Å²) in [6.07, 6.45) is -0.595. The number of rotatable bonds is 3. The second-order valence-electron chi connectivity index (χ2n) is 5.85. The number of carbonyl (C=O) groups is 1. The van der Waals surface area contributed by atoms with E-state index in [4.69, 9.17) is 9.47 Å². The van der Waals surface area contributed by atoms with E-state index in [1.807, 2.05) is 6.92 Å². The molecule has 1 aliphatic heterocycles. The van der Waals surface area contributed by atoms with Gasteiger partial charge < -0.3 is 9.47 Å². The first-order chi connectivity index (χ1) is 10.1. The molecule has 1 aromatic rings. The average molecular weight is 327 g/mol. The molecule has 1 saturated heterocycles. The summed E-state index contributed by atoms with van der Waals surface area (Å²) < 4.78 is 37.5. The van der Waals surface area contributed by atoms with Crippen molar-refractivity contribution in [3.05, 3.63) is 29.8 Å². The lowest BCUT2D eigenvalue weighted by Gasteiger charge is -2.31. The van der Waals surface area contributed by atoms with Gasteiger partial charge in [-0.1, -0.05) is 17.7 Å². The van der Waals surface area contributed by atoms with Crippen molar-refractivity contribution in [1.29, 1.82) is 0 Å². The van der Waals surface area contributed by atoms with Crippen molar-refractivity contribution in [3.8, 4) is 0 Å². The van der Waals surface area contributed by atoms with Crippen LogP contribution >= 0.6 is 0 Å². The minimum Gasteiger partial charge on any atom is -0.468 e. The molecule has 1 aromatic carbocycles. The van der Waals surface area contributed by atoms with Crippen LogP contribution in [0.3, 0.4) is 0 Å². The number of benzene rings is 1. The number of esters is 1. The fourth-order valence-corrected chi connectivity index (χ4v) is 4.65. The van der Waals surface area contributed by atoms with E-state index in [9.17, 15) is 13.2 Å². The molecule has 0 bridgehead atoms. The van der Waals surface area contributed by atoms with Gasteiger partial charge in [0, 0.05) is 0 Å². The van der Waals surface area contributed by atoms with Crippen molar-refractivity contribution in [3.63, 3.8) is 0 Å². The van der Waals surface area contributed by atoms with Crippen LogP contribution in [0.25, 0.3) is 0 Å². The lowest BCUT2D eigenvalue weighted by Crippen LogP contribution is -2.51. The van der Waals surface area contributed by atoms with E-state index >= 15 is 0 Å². The van der Waals surface area contributed by atoms with E-state index in [1.54, 1.807) is 32.9 Å². The molecule has 1 fully saturated rings. The molecule has 22 heavy (non-hydrogen) atoms. The first-order valence-electron chi connectivity index (χ1n) is 6.98. The second kappa shape index (κ2) is 5.64. The summed E-state index contributed by atoms with van der Waals surface area (Å²) in [6, 6.07) is 5.48. The van der Waals surface area contributed by atoms with Gasteiger partial charge in [0.2, 0.25) is 10.0 Å². The average Bonchev–Trinajstić information content (AvgIpc) is 2.68. The van der Waals surface area contributed by atoms with Gasteiger partial charge in [0.15, 0.2) is 6.04 Å². The molecule has 6 nitrogen and oxygen atoms in total. The molecule has 0 unspecified atom stereocenters. The van der Waals surface area contributed by atoms with Crippen molar-refractivity contribution in [1.82, 2.24) is 4.31 Å². The highest BCUT2D eigenvalue weighted by molar-refractivity contribution is 7.89. The molecular formula is C15H21NO5S. The zero-order valence-electron chi connectivity index (χ0n) is 13.4. The van der Waals surface area contributed by atoms with E-state index in [2.05, 4.69) is 0 Å². The predicted octanol–water partition coefficient (Wildman–Crippen LogP) is 1.68. The largest absolute Gasteiger partial charge is 0.468 e. The minimum atomic E-state index is -3.89. The standard InChI is InChI=1S/C15H21NO5S/c1-10-6-8-12(9-7-10)22(18,19)16-13(14(17)20-5)11(2)21-15(16,3)4/h6-9,11,13H,1-5H3/t11-,13-/m1/s1. The molecule has 0 saturated carbocycles. The number of hydrogen-bond donors (Lipinski definition) is 0. The van der Waals surface area contributed by atoms with Crippen molar-refractivity contribution in [2.75, 3.05) is 7.11 Å². The molecule has 1 heterocycles. The first kappa shape index (κ1) is 16.9. The Morgan fingerprint density at radius 1 is 1.27 bits per heavy atom. The fourth-order valence-electron chi connectivity index (χ4n) is 2.77. The Balaban J connectivity index is 2.54.